The van der Waals surface area contributed by atoms with Crippen LogP contribution in [0.4, 0.5) is 5.69 Å². The van der Waals surface area contributed by atoms with E-state index >= 15 is 0 Å². The van der Waals surface area contributed by atoms with Crippen LogP contribution in [0, 0.1) is 0 Å². The average molecular weight is 204 g/mol. The number of hydrogen-bond donors (Lipinski definition) is 1. The Morgan fingerprint density at radius 1 is 1.40 bits per heavy atom. The third-order valence-corrected chi connectivity index (χ3v) is 3.08. The number of benzene rings is 1. The van der Waals surface area contributed by atoms with Crippen molar-refractivity contribution in [2.45, 2.75) is 26.3 Å². The fourth-order valence-corrected chi connectivity index (χ4v) is 2.43. The molecule has 0 fully saturated rings. The molecule has 82 valence electrons. The van der Waals surface area contributed by atoms with Crippen LogP contribution in [-0.4, -0.2) is 20.1 Å². The first kappa shape index (κ1) is 10.5. The van der Waals surface area contributed by atoms with Gasteiger partial charge in [0.1, 0.15) is 0 Å². The number of rotatable bonds is 4. The minimum atomic E-state index is 0.989. The third kappa shape index (κ3) is 2.00. The zero-order valence-corrected chi connectivity index (χ0v) is 9.71. The molecule has 1 aliphatic heterocycles. The summed E-state index contributed by atoms with van der Waals surface area (Å²) < 4.78 is 0. The molecular weight excluding hydrogens is 184 g/mol. The topological polar surface area (TPSA) is 15.3 Å². The molecule has 0 unspecified atom stereocenters. The van der Waals surface area contributed by atoms with Gasteiger partial charge in [0.2, 0.25) is 0 Å². The molecule has 0 saturated carbocycles. The molecular formula is C13H20N2. The number of fused-ring (bicyclic) bond motifs is 1. The summed E-state index contributed by atoms with van der Waals surface area (Å²) >= 11 is 0. The van der Waals surface area contributed by atoms with Crippen LogP contribution in [-0.2, 0) is 13.0 Å². The summed E-state index contributed by atoms with van der Waals surface area (Å²) in [4.78, 5) is 2.51. The normalized spacial score (nSPS) is 14.4. The molecule has 0 aliphatic carbocycles. The second kappa shape index (κ2) is 4.67. The smallest absolute Gasteiger partial charge is 0.0402 e. The van der Waals surface area contributed by atoms with E-state index in [1.165, 1.54) is 37.2 Å². The average Bonchev–Trinajstić information content (AvgIpc) is 2.64. The Morgan fingerprint density at radius 3 is 3.00 bits per heavy atom. The van der Waals surface area contributed by atoms with Gasteiger partial charge in [-0.2, -0.15) is 0 Å². The van der Waals surface area contributed by atoms with Crippen molar-refractivity contribution in [2.75, 3.05) is 25.0 Å². The lowest BCUT2D eigenvalue weighted by Crippen LogP contribution is -2.20. The fraction of sp³-hybridized carbons (Fsp3) is 0.538. The summed E-state index contributed by atoms with van der Waals surface area (Å²) in [5.74, 6) is 0. The summed E-state index contributed by atoms with van der Waals surface area (Å²) in [5.41, 5.74) is 4.48. The van der Waals surface area contributed by atoms with Gasteiger partial charge >= 0.3 is 0 Å². The lowest BCUT2D eigenvalue weighted by atomic mass is 10.1. The van der Waals surface area contributed by atoms with E-state index in [4.69, 9.17) is 0 Å². The minimum absolute atomic E-state index is 0.989. The van der Waals surface area contributed by atoms with Gasteiger partial charge < -0.3 is 10.2 Å². The van der Waals surface area contributed by atoms with E-state index in [1.54, 1.807) is 5.56 Å². The predicted molar refractivity (Wildman–Crippen MR) is 65.4 cm³/mol. The van der Waals surface area contributed by atoms with Crippen molar-refractivity contribution in [1.82, 2.24) is 5.32 Å². The number of nitrogens with one attached hydrogen (secondary N) is 1. The van der Waals surface area contributed by atoms with Gasteiger partial charge in [-0.1, -0.05) is 19.1 Å². The Kier molecular flexibility index (Phi) is 3.27. The highest BCUT2D eigenvalue weighted by atomic mass is 15.1. The van der Waals surface area contributed by atoms with Crippen molar-refractivity contribution in [3.63, 3.8) is 0 Å². The molecule has 0 bridgehead atoms. The molecule has 0 radical (unpaired) electrons. The largest absolute Gasteiger partial charge is 0.371 e. The van der Waals surface area contributed by atoms with Gasteiger partial charge in [-0.25, -0.2) is 0 Å². The Morgan fingerprint density at radius 2 is 2.27 bits per heavy atom. The molecule has 1 aromatic rings. The van der Waals surface area contributed by atoms with E-state index in [-0.39, 0.29) is 0 Å². The van der Waals surface area contributed by atoms with E-state index in [0.717, 1.165) is 6.54 Å². The van der Waals surface area contributed by atoms with Crippen LogP contribution in [0.1, 0.15) is 24.5 Å². The molecule has 0 amide bonds. The molecule has 1 heterocycles. The van der Waals surface area contributed by atoms with Crippen molar-refractivity contribution >= 4 is 5.69 Å². The van der Waals surface area contributed by atoms with Gasteiger partial charge in [-0.05, 0) is 37.1 Å². The number of hydrogen-bond acceptors (Lipinski definition) is 2. The Labute approximate surface area is 92.3 Å². The molecule has 1 N–H and O–H groups in total. The molecule has 0 atom stereocenters. The maximum atomic E-state index is 3.24. The molecule has 2 nitrogen and oxygen atoms in total. The highest BCUT2D eigenvalue weighted by Gasteiger charge is 2.19. The monoisotopic (exact) mass is 204 g/mol. The van der Waals surface area contributed by atoms with Gasteiger partial charge in [-0.3, -0.25) is 0 Å². The first-order chi connectivity index (χ1) is 7.36. The standard InChI is InChI=1S/C13H20N2/c1-3-8-15-9-7-12-11(10-14-2)5-4-6-13(12)15/h4-6,14H,3,7-10H2,1-2H3. The lowest BCUT2D eigenvalue weighted by molar-refractivity contribution is 0.791. The summed E-state index contributed by atoms with van der Waals surface area (Å²) in [7, 11) is 2.01. The van der Waals surface area contributed by atoms with Crippen LogP contribution in [0.25, 0.3) is 0 Å². The van der Waals surface area contributed by atoms with Crippen molar-refractivity contribution in [2.24, 2.45) is 0 Å². The fourth-order valence-electron chi connectivity index (χ4n) is 2.43. The maximum Gasteiger partial charge on any atom is 0.0402 e. The van der Waals surface area contributed by atoms with Gasteiger partial charge in [0.15, 0.2) is 0 Å². The zero-order chi connectivity index (χ0) is 10.7. The van der Waals surface area contributed by atoms with Gasteiger partial charge in [-0.15, -0.1) is 0 Å². The summed E-state index contributed by atoms with van der Waals surface area (Å²) in [6.07, 6.45) is 2.45. The molecule has 0 spiro atoms. The lowest BCUT2D eigenvalue weighted by Gasteiger charge is -2.18. The molecule has 1 aromatic carbocycles. The van der Waals surface area contributed by atoms with E-state index in [2.05, 4.69) is 35.3 Å². The molecule has 2 rings (SSSR count). The molecule has 0 saturated heterocycles. The van der Waals surface area contributed by atoms with E-state index in [1.807, 2.05) is 7.05 Å². The quantitative estimate of drug-likeness (QED) is 0.808. The summed E-state index contributed by atoms with van der Waals surface area (Å²) in [5, 5.41) is 3.24. The first-order valence-electron chi connectivity index (χ1n) is 5.87. The Bertz CT molecular complexity index is 333. The molecule has 1 aliphatic rings. The zero-order valence-electron chi connectivity index (χ0n) is 9.71. The second-order valence-corrected chi connectivity index (χ2v) is 4.18. The van der Waals surface area contributed by atoms with Crippen molar-refractivity contribution in [1.29, 1.82) is 0 Å². The Hall–Kier alpha value is -1.02. The highest BCUT2D eigenvalue weighted by molar-refractivity contribution is 5.60. The molecule has 0 aromatic heterocycles. The van der Waals surface area contributed by atoms with Crippen LogP contribution >= 0.6 is 0 Å². The SMILES string of the molecule is CCCN1CCc2c(CNC)cccc21. The van der Waals surface area contributed by atoms with E-state index < -0.39 is 0 Å². The Balaban J connectivity index is 2.26. The third-order valence-electron chi connectivity index (χ3n) is 3.08. The number of anilines is 1. The van der Waals surface area contributed by atoms with E-state index in [9.17, 15) is 0 Å². The van der Waals surface area contributed by atoms with Gasteiger partial charge in [0.25, 0.3) is 0 Å². The first-order valence-corrected chi connectivity index (χ1v) is 5.87. The second-order valence-electron chi connectivity index (χ2n) is 4.18. The van der Waals surface area contributed by atoms with Crippen LogP contribution in [0.2, 0.25) is 0 Å². The van der Waals surface area contributed by atoms with Crippen molar-refractivity contribution in [3.8, 4) is 0 Å². The maximum absolute atomic E-state index is 3.24. The predicted octanol–water partition coefficient (Wildman–Crippen LogP) is 2.18. The molecule has 2 heteroatoms. The van der Waals surface area contributed by atoms with Crippen LogP contribution in [0.5, 0.6) is 0 Å². The summed E-state index contributed by atoms with van der Waals surface area (Å²) in [6, 6.07) is 6.68. The molecule has 15 heavy (non-hydrogen) atoms. The van der Waals surface area contributed by atoms with Crippen LogP contribution in [0.15, 0.2) is 18.2 Å². The van der Waals surface area contributed by atoms with Gasteiger partial charge in [0, 0.05) is 25.3 Å². The highest BCUT2D eigenvalue weighted by Crippen LogP contribution is 2.30. The van der Waals surface area contributed by atoms with E-state index in [0.29, 0.717) is 0 Å². The number of nitrogens with zero attached hydrogens (tertiary/aromatic N) is 1. The van der Waals surface area contributed by atoms with Crippen LogP contribution < -0.4 is 10.2 Å². The summed E-state index contributed by atoms with van der Waals surface area (Å²) in [6.45, 7) is 5.62. The van der Waals surface area contributed by atoms with Gasteiger partial charge in [0.05, 0.1) is 0 Å². The van der Waals surface area contributed by atoms with Crippen molar-refractivity contribution < 1.29 is 0 Å². The van der Waals surface area contributed by atoms with Crippen molar-refractivity contribution in [3.05, 3.63) is 29.3 Å². The minimum Gasteiger partial charge on any atom is -0.371 e. The van der Waals surface area contributed by atoms with Crippen LogP contribution in [0.3, 0.4) is 0 Å².